The third-order valence-electron chi connectivity index (χ3n) is 8.65. The lowest BCUT2D eigenvalue weighted by Gasteiger charge is -2.33. The van der Waals surface area contributed by atoms with Crippen LogP contribution in [0.25, 0.3) is 0 Å². The Balaban J connectivity index is 1.03. The SMILES string of the molecule is Cc1ccc(NC2N=CC=C(N(C)c3ccc(NC(=O)Nc4ccc(OC(F)(F)F)cc4)cc3)N2)cc1N1CC2(CCOCC2)CC1=O. The Bertz CT molecular complexity index is 1710. The van der Waals surface area contributed by atoms with Crippen LogP contribution in [0.1, 0.15) is 24.8 Å². The number of carbonyl (C=O) groups excluding carboxylic acids is 2. The molecule has 48 heavy (non-hydrogen) atoms. The normalized spacial score (nSPS) is 18.6. The van der Waals surface area contributed by atoms with Gasteiger partial charge in [0.05, 0.1) is 0 Å². The molecule has 3 amide bonds. The number of alkyl halides is 3. The van der Waals surface area contributed by atoms with Gasteiger partial charge in [0.1, 0.15) is 11.6 Å². The molecule has 2 saturated heterocycles. The first-order chi connectivity index (χ1) is 23.0. The number of amides is 3. The van der Waals surface area contributed by atoms with E-state index in [4.69, 9.17) is 4.74 Å². The third-order valence-corrected chi connectivity index (χ3v) is 8.65. The van der Waals surface area contributed by atoms with Crippen LogP contribution in [0, 0.1) is 12.3 Å². The Morgan fingerprint density at radius 2 is 1.67 bits per heavy atom. The van der Waals surface area contributed by atoms with Gasteiger partial charge in [-0.15, -0.1) is 13.2 Å². The number of hydrogen-bond acceptors (Lipinski definition) is 8. The van der Waals surface area contributed by atoms with Crippen molar-refractivity contribution in [3.8, 4) is 5.75 Å². The van der Waals surface area contributed by atoms with Crippen LogP contribution < -0.4 is 35.8 Å². The van der Waals surface area contributed by atoms with Crippen LogP contribution in [-0.2, 0) is 9.53 Å². The number of rotatable bonds is 8. The van der Waals surface area contributed by atoms with E-state index in [-0.39, 0.29) is 17.1 Å². The van der Waals surface area contributed by atoms with Gasteiger partial charge >= 0.3 is 12.4 Å². The van der Waals surface area contributed by atoms with E-state index in [0.717, 1.165) is 53.4 Å². The van der Waals surface area contributed by atoms with Crippen LogP contribution in [-0.4, -0.2) is 57.6 Å². The van der Waals surface area contributed by atoms with Crippen molar-refractivity contribution in [3.63, 3.8) is 0 Å². The molecule has 1 unspecified atom stereocenters. The lowest BCUT2D eigenvalue weighted by molar-refractivity contribution is -0.274. The molecule has 4 N–H and O–H groups in total. The molecule has 2 fully saturated rings. The molecule has 3 aromatic rings. The maximum atomic E-state index is 13.1. The summed E-state index contributed by atoms with van der Waals surface area (Å²) in [5, 5.41) is 12.1. The molecule has 252 valence electrons. The first-order valence-corrected chi connectivity index (χ1v) is 15.5. The lowest BCUT2D eigenvalue weighted by Crippen LogP contribution is -2.41. The molecule has 3 aliphatic rings. The molecule has 0 saturated carbocycles. The highest BCUT2D eigenvalue weighted by atomic mass is 19.4. The molecule has 3 heterocycles. The summed E-state index contributed by atoms with van der Waals surface area (Å²) >= 11 is 0. The Morgan fingerprint density at radius 3 is 2.33 bits per heavy atom. The van der Waals surface area contributed by atoms with Gasteiger partial charge in [-0.25, -0.2) is 9.79 Å². The Hall–Kier alpha value is -5.24. The fourth-order valence-corrected chi connectivity index (χ4v) is 6.05. The van der Waals surface area contributed by atoms with E-state index in [9.17, 15) is 22.8 Å². The van der Waals surface area contributed by atoms with Crippen molar-refractivity contribution in [3.05, 3.63) is 84.2 Å². The predicted octanol–water partition coefficient (Wildman–Crippen LogP) is 6.42. The van der Waals surface area contributed by atoms with Crippen molar-refractivity contribution in [2.45, 2.75) is 38.8 Å². The number of nitrogens with one attached hydrogen (secondary N) is 4. The van der Waals surface area contributed by atoms with Crippen LogP contribution in [0.2, 0.25) is 0 Å². The molecule has 14 heteroatoms. The first kappa shape index (κ1) is 32.7. The number of benzene rings is 3. The smallest absolute Gasteiger partial charge is 0.406 e. The van der Waals surface area contributed by atoms with Gasteiger partial charge in [0.2, 0.25) is 5.91 Å². The standard InChI is InChI=1S/C34H36F3N7O4/c1-22-3-4-25(19-28(22)44-21-33(20-30(44)45)14-17-47-18-15-33)39-31-38-16-13-29(42-31)43(2)26-9-5-23(6-10-26)40-32(46)41-24-7-11-27(12-8-24)48-34(35,36)37/h3-13,16,19,31,39,42H,14-15,17-18,20-21H2,1-2H3,(H2,40,41,46). The van der Waals surface area contributed by atoms with Gasteiger partial charge in [0.15, 0.2) is 6.29 Å². The summed E-state index contributed by atoms with van der Waals surface area (Å²) in [5.74, 6) is 0.544. The Labute approximate surface area is 275 Å². The number of aryl methyl sites for hydroxylation is 1. The molecule has 0 bridgehead atoms. The van der Waals surface area contributed by atoms with Gasteiger partial charge in [-0.3, -0.25) is 4.79 Å². The molecule has 0 aliphatic carbocycles. The number of allylic oxidation sites excluding steroid dienone is 1. The van der Waals surface area contributed by atoms with Crippen LogP contribution in [0.5, 0.6) is 5.75 Å². The maximum Gasteiger partial charge on any atom is 0.573 e. The van der Waals surface area contributed by atoms with Crippen molar-refractivity contribution in [1.29, 1.82) is 0 Å². The minimum absolute atomic E-state index is 0.0146. The summed E-state index contributed by atoms with van der Waals surface area (Å²) in [7, 11) is 1.89. The second-order valence-electron chi connectivity index (χ2n) is 12.1. The quantitative estimate of drug-likeness (QED) is 0.220. The zero-order valence-electron chi connectivity index (χ0n) is 26.4. The minimum atomic E-state index is -4.79. The van der Waals surface area contributed by atoms with Crippen LogP contribution in [0.4, 0.5) is 46.4 Å². The van der Waals surface area contributed by atoms with Crippen molar-refractivity contribution in [2.24, 2.45) is 10.4 Å². The molecule has 3 aliphatic heterocycles. The highest BCUT2D eigenvalue weighted by Gasteiger charge is 2.44. The minimum Gasteiger partial charge on any atom is -0.406 e. The summed E-state index contributed by atoms with van der Waals surface area (Å²) in [6.07, 6.45) is 0.659. The molecule has 0 radical (unpaired) electrons. The van der Waals surface area contributed by atoms with Gasteiger partial charge < -0.3 is 40.5 Å². The number of ether oxygens (including phenoxy) is 2. The number of anilines is 5. The molecule has 1 atom stereocenters. The van der Waals surface area contributed by atoms with E-state index < -0.39 is 18.7 Å². The largest absolute Gasteiger partial charge is 0.573 e. The molecule has 11 nitrogen and oxygen atoms in total. The summed E-state index contributed by atoms with van der Waals surface area (Å²) in [6.45, 7) is 4.11. The van der Waals surface area contributed by atoms with E-state index >= 15 is 0 Å². The number of carbonyl (C=O) groups is 2. The third kappa shape index (κ3) is 7.82. The summed E-state index contributed by atoms with van der Waals surface area (Å²) < 4.78 is 46.5. The van der Waals surface area contributed by atoms with Gasteiger partial charge in [0, 0.05) is 73.3 Å². The van der Waals surface area contributed by atoms with Crippen molar-refractivity contribution < 1.29 is 32.2 Å². The monoisotopic (exact) mass is 663 g/mol. The van der Waals surface area contributed by atoms with Gasteiger partial charge in [-0.05, 0) is 92.1 Å². The molecule has 0 aromatic heterocycles. The molecule has 1 spiro atoms. The van der Waals surface area contributed by atoms with E-state index in [1.165, 1.54) is 12.1 Å². The summed E-state index contributed by atoms with van der Waals surface area (Å²) in [5.41, 5.74) is 4.39. The fourth-order valence-electron chi connectivity index (χ4n) is 6.05. The van der Waals surface area contributed by atoms with Gasteiger partial charge in [-0.2, -0.15) is 0 Å². The average Bonchev–Trinajstić information content (AvgIpc) is 3.37. The topological polar surface area (TPSA) is 120 Å². The first-order valence-electron chi connectivity index (χ1n) is 15.5. The van der Waals surface area contributed by atoms with Crippen molar-refractivity contribution in [1.82, 2.24) is 5.32 Å². The van der Waals surface area contributed by atoms with Gasteiger partial charge in [-0.1, -0.05) is 6.07 Å². The van der Waals surface area contributed by atoms with E-state index in [0.29, 0.717) is 37.6 Å². The number of aliphatic imine (C=N–C) groups is 1. The van der Waals surface area contributed by atoms with Crippen molar-refractivity contribution >= 4 is 46.6 Å². The maximum absolute atomic E-state index is 13.1. The highest BCUT2D eigenvalue weighted by molar-refractivity contribution is 6.00. The number of urea groups is 1. The van der Waals surface area contributed by atoms with Crippen LogP contribution >= 0.6 is 0 Å². The van der Waals surface area contributed by atoms with E-state index in [1.807, 2.05) is 60.2 Å². The van der Waals surface area contributed by atoms with Gasteiger partial charge in [0.25, 0.3) is 0 Å². The summed E-state index contributed by atoms with van der Waals surface area (Å²) in [6, 6.07) is 17.4. The highest BCUT2D eigenvalue weighted by Crippen LogP contribution is 2.43. The molecule has 3 aromatic carbocycles. The van der Waals surface area contributed by atoms with E-state index in [2.05, 4.69) is 31.0 Å². The average molecular weight is 664 g/mol. The second kappa shape index (κ2) is 13.5. The van der Waals surface area contributed by atoms with Crippen LogP contribution in [0.15, 0.2) is 83.6 Å². The number of halogens is 3. The van der Waals surface area contributed by atoms with E-state index in [1.54, 1.807) is 18.3 Å². The zero-order valence-corrected chi connectivity index (χ0v) is 26.4. The lowest BCUT2D eigenvalue weighted by atomic mass is 9.79. The Kier molecular flexibility index (Phi) is 9.18. The fraction of sp³-hybridized carbons (Fsp3) is 0.324. The second-order valence-corrected chi connectivity index (χ2v) is 12.1. The Morgan fingerprint density at radius 1 is 1.02 bits per heavy atom. The molecular weight excluding hydrogens is 627 g/mol. The van der Waals surface area contributed by atoms with Crippen LogP contribution in [0.3, 0.4) is 0 Å². The predicted molar refractivity (Wildman–Crippen MR) is 178 cm³/mol. The summed E-state index contributed by atoms with van der Waals surface area (Å²) in [4.78, 5) is 33.9. The van der Waals surface area contributed by atoms with Crippen molar-refractivity contribution in [2.75, 3.05) is 52.6 Å². The number of nitrogens with zero attached hydrogens (tertiary/aromatic N) is 3. The number of hydrogen-bond donors (Lipinski definition) is 4. The molecule has 6 rings (SSSR count). The zero-order chi connectivity index (χ0) is 33.9. The molecular formula is C34H36F3N7O4.